The molecule has 5 heteroatoms. The molecule has 0 unspecified atom stereocenters. The number of hydrogen-bond donors (Lipinski definition) is 3. The predicted octanol–water partition coefficient (Wildman–Crippen LogP) is 5.27. The van der Waals surface area contributed by atoms with Crippen molar-refractivity contribution in [1.82, 2.24) is 5.32 Å². The molecule has 166 valence electrons. The molecule has 5 N–H and O–H groups in total. The minimum absolute atomic E-state index is 0.136. The summed E-state index contributed by atoms with van der Waals surface area (Å²) in [6.07, 6.45) is 19.9. The average molecular weight is 397 g/mol. The molecule has 0 bridgehead atoms. The first-order valence-electron chi connectivity index (χ1n) is 11.8. The fourth-order valence-electron chi connectivity index (χ4n) is 3.37. The minimum Gasteiger partial charge on any atom is -0.370 e. The first-order valence-corrected chi connectivity index (χ1v) is 11.8. The van der Waals surface area contributed by atoms with Crippen LogP contribution in [0.1, 0.15) is 117 Å². The van der Waals surface area contributed by atoms with E-state index in [1.54, 1.807) is 0 Å². The van der Waals surface area contributed by atoms with Crippen LogP contribution in [0.25, 0.3) is 0 Å². The smallest absolute Gasteiger partial charge is 0.219 e. The summed E-state index contributed by atoms with van der Waals surface area (Å²) >= 11 is 0. The van der Waals surface area contributed by atoms with Crippen molar-refractivity contribution in [3.63, 3.8) is 0 Å². The zero-order chi connectivity index (χ0) is 20.9. The van der Waals surface area contributed by atoms with Gasteiger partial charge in [0, 0.05) is 19.5 Å². The van der Waals surface area contributed by atoms with Crippen molar-refractivity contribution in [2.45, 2.75) is 117 Å². The van der Waals surface area contributed by atoms with Crippen molar-refractivity contribution in [3.05, 3.63) is 0 Å². The Morgan fingerprint density at radius 2 is 1.25 bits per heavy atom. The number of carbonyl (C=O) groups excluding carboxylic acids is 1. The molecule has 0 radical (unpaired) electrons. The Hall–Kier alpha value is -1.26. The van der Waals surface area contributed by atoms with E-state index in [0.29, 0.717) is 13.0 Å². The van der Waals surface area contributed by atoms with Gasteiger partial charge < -0.3 is 16.8 Å². The summed E-state index contributed by atoms with van der Waals surface area (Å²) in [5, 5.41) is 2.97. The fraction of sp³-hybridized carbons (Fsp3) is 0.913. The lowest BCUT2D eigenvalue weighted by Gasteiger charge is -2.05. The van der Waals surface area contributed by atoms with Crippen molar-refractivity contribution >= 4 is 11.9 Å². The van der Waals surface area contributed by atoms with E-state index in [4.69, 9.17) is 11.5 Å². The van der Waals surface area contributed by atoms with Crippen LogP contribution in [0.5, 0.6) is 0 Å². The van der Waals surface area contributed by atoms with E-state index in [1.165, 1.54) is 77.0 Å². The number of nitrogens with one attached hydrogen (secondary N) is 1. The van der Waals surface area contributed by atoms with Gasteiger partial charge in [-0.1, -0.05) is 90.9 Å². The van der Waals surface area contributed by atoms with Crippen LogP contribution in [-0.2, 0) is 4.79 Å². The topological polar surface area (TPSA) is 93.5 Å². The summed E-state index contributed by atoms with van der Waals surface area (Å²) < 4.78 is 0. The number of nitrogens with zero attached hydrogens (tertiary/aromatic N) is 1. The Kier molecular flexibility index (Phi) is 19.6. The molecule has 1 amide bonds. The second kappa shape index (κ2) is 20.5. The molecular weight excluding hydrogens is 348 g/mol. The van der Waals surface area contributed by atoms with Gasteiger partial charge in [-0.2, -0.15) is 0 Å². The highest BCUT2D eigenvalue weighted by molar-refractivity contribution is 5.76. The second-order valence-corrected chi connectivity index (χ2v) is 8.54. The maximum absolute atomic E-state index is 11.7. The highest BCUT2D eigenvalue weighted by Crippen LogP contribution is 2.14. The summed E-state index contributed by atoms with van der Waals surface area (Å²) in [6, 6.07) is 0. The maximum Gasteiger partial charge on any atom is 0.219 e. The Morgan fingerprint density at radius 3 is 1.75 bits per heavy atom. The van der Waals surface area contributed by atoms with Crippen molar-refractivity contribution < 1.29 is 4.79 Å². The molecule has 0 spiro atoms. The van der Waals surface area contributed by atoms with Crippen LogP contribution < -0.4 is 16.8 Å². The standard InChI is InChI=1S/C23H48N4O/c1-21(2)17-13-11-9-7-5-3-4-6-8-10-12-14-18-22(28)26-19-15-16-20-27-23(24)25/h21H,3-20H2,1-2H3,(H,26,28)(H4,24,25,27). The lowest BCUT2D eigenvalue weighted by Crippen LogP contribution is -2.24. The predicted molar refractivity (Wildman–Crippen MR) is 122 cm³/mol. The quantitative estimate of drug-likeness (QED) is 0.149. The molecule has 0 aliphatic heterocycles. The van der Waals surface area contributed by atoms with Gasteiger partial charge >= 0.3 is 0 Å². The molecule has 0 aromatic rings. The van der Waals surface area contributed by atoms with Crippen LogP contribution in [0.15, 0.2) is 4.99 Å². The van der Waals surface area contributed by atoms with Gasteiger partial charge in [0.1, 0.15) is 0 Å². The van der Waals surface area contributed by atoms with E-state index in [2.05, 4.69) is 24.2 Å². The zero-order valence-electron chi connectivity index (χ0n) is 18.8. The van der Waals surface area contributed by atoms with E-state index in [-0.39, 0.29) is 11.9 Å². The van der Waals surface area contributed by atoms with Gasteiger partial charge in [0.05, 0.1) is 0 Å². The SMILES string of the molecule is CC(C)CCCCCCCCCCCCCCC(=O)NCCCCN=C(N)N. The van der Waals surface area contributed by atoms with Crippen LogP contribution in [-0.4, -0.2) is 25.0 Å². The molecule has 28 heavy (non-hydrogen) atoms. The molecule has 5 nitrogen and oxygen atoms in total. The molecule has 0 aromatic heterocycles. The zero-order valence-corrected chi connectivity index (χ0v) is 18.8. The molecule has 0 heterocycles. The van der Waals surface area contributed by atoms with Crippen molar-refractivity contribution in [3.8, 4) is 0 Å². The summed E-state index contributed by atoms with van der Waals surface area (Å²) in [7, 11) is 0. The highest BCUT2D eigenvalue weighted by Gasteiger charge is 2.00. The van der Waals surface area contributed by atoms with Crippen LogP contribution in [0.2, 0.25) is 0 Å². The molecule has 0 aromatic carbocycles. The molecule has 0 saturated carbocycles. The lowest BCUT2D eigenvalue weighted by atomic mass is 10.0. The summed E-state index contributed by atoms with van der Waals surface area (Å²) in [5.74, 6) is 1.18. The van der Waals surface area contributed by atoms with Crippen molar-refractivity contribution in [2.75, 3.05) is 13.1 Å². The molecule has 0 aliphatic rings. The molecule has 0 saturated heterocycles. The molecular formula is C23H48N4O. The number of aliphatic imine (C=N–C) groups is 1. The van der Waals surface area contributed by atoms with Gasteiger partial charge in [-0.05, 0) is 25.2 Å². The maximum atomic E-state index is 11.7. The lowest BCUT2D eigenvalue weighted by molar-refractivity contribution is -0.121. The Balaban J connectivity index is 3.18. The van der Waals surface area contributed by atoms with Crippen LogP contribution in [0.4, 0.5) is 0 Å². The minimum atomic E-state index is 0.136. The van der Waals surface area contributed by atoms with Crippen LogP contribution >= 0.6 is 0 Å². The van der Waals surface area contributed by atoms with Gasteiger partial charge in [0.15, 0.2) is 5.96 Å². The van der Waals surface area contributed by atoms with Crippen LogP contribution in [0, 0.1) is 5.92 Å². The normalized spacial score (nSPS) is 11.0. The van der Waals surface area contributed by atoms with Gasteiger partial charge in [0.2, 0.25) is 5.91 Å². The first kappa shape index (κ1) is 26.7. The van der Waals surface area contributed by atoms with Gasteiger partial charge in [-0.3, -0.25) is 9.79 Å². The molecule has 0 aliphatic carbocycles. The van der Waals surface area contributed by atoms with Crippen molar-refractivity contribution in [1.29, 1.82) is 0 Å². The van der Waals surface area contributed by atoms with Gasteiger partial charge in [-0.25, -0.2) is 0 Å². The number of guanidine groups is 1. The molecule has 0 atom stereocenters. The van der Waals surface area contributed by atoms with E-state index in [9.17, 15) is 4.79 Å². The third kappa shape index (κ3) is 22.8. The van der Waals surface area contributed by atoms with Gasteiger partial charge in [-0.15, -0.1) is 0 Å². The summed E-state index contributed by atoms with van der Waals surface area (Å²) in [6.45, 7) is 5.98. The number of unbranched alkanes of at least 4 members (excludes halogenated alkanes) is 12. The van der Waals surface area contributed by atoms with Gasteiger partial charge in [0.25, 0.3) is 0 Å². The molecule has 0 fully saturated rings. The Bertz CT molecular complexity index is 379. The van der Waals surface area contributed by atoms with Crippen LogP contribution in [0.3, 0.4) is 0 Å². The van der Waals surface area contributed by atoms with Crippen molar-refractivity contribution in [2.24, 2.45) is 22.4 Å². The second-order valence-electron chi connectivity index (χ2n) is 8.54. The average Bonchev–Trinajstić information content (AvgIpc) is 2.64. The molecule has 0 rings (SSSR count). The third-order valence-electron chi connectivity index (χ3n) is 5.14. The number of amides is 1. The highest BCUT2D eigenvalue weighted by atomic mass is 16.1. The van der Waals surface area contributed by atoms with E-state index in [0.717, 1.165) is 31.7 Å². The number of rotatable bonds is 20. The number of carbonyl (C=O) groups is 1. The Morgan fingerprint density at radius 1 is 0.750 bits per heavy atom. The summed E-state index contributed by atoms with van der Waals surface area (Å²) in [5.41, 5.74) is 10.5. The first-order chi connectivity index (χ1) is 13.5. The summed E-state index contributed by atoms with van der Waals surface area (Å²) in [4.78, 5) is 15.7. The Labute approximate surface area is 174 Å². The van der Waals surface area contributed by atoms with E-state index >= 15 is 0 Å². The number of hydrogen-bond acceptors (Lipinski definition) is 2. The third-order valence-corrected chi connectivity index (χ3v) is 5.14. The number of nitrogens with two attached hydrogens (primary N) is 2. The monoisotopic (exact) mass is 396 g/mol. The largest absolute Gasteiger partial charge is 0.370 e. The van der Waals surface area contributed by atoms with E-state index < -0.39 is 0 Å². The fourth-order valence-corrected chi connectivity index (χ4v) is 3.37. The van der Waals surface area contributed by atoms with E-state index in [1.807, 2.05) is 0 Å².